The van der Waals surface area contributed by atoms with E-state index in [1.54, 1.807) is 50.4 Å². The van der Waals surface area contributed by atoms with Crippen LogP contribution in [0.25, 0.3) is 0 Å². The van der Waals surface area contributed by atoms with Gasteiger partial charge in [0.05, 0.1) is 35.9 Å². The quantitative estimate of drug-likeness (QED) is 0.331. The van der Waals surface area contributed by atoms with Crippen molar-refractivity contribution in [2.75, 3.05) is 23.9 Å². The SMILES string of the molecule is CCOC(=O)c1ccc(N2C(=O)[C@H]3Sc4c(sc(=O)n4CC(=O)Nc4ccc(OC)cc4)C(C)(C)[C@H]3C2=O)cc1. The van der Waals surface area contributed by atoms with Gasteiger partial charge in [0, 0.05) is 16.0 Å². The summed E-state index contributed by atoms with van der Waals surface area (Å²) in [6.45, 7) is 5.40. The Morgan fingerprint density at radius 3 is 2.30 bits per heavy atom. The molecule has 2 atom stereocenters. The molecule has 0 unspecified atom stereocenters. The summed E-state index contributed by atoms with van der Waals surface area (Å²) < 4.78 is 11.5. The normalized spacial score (nSPS) is 19.1. The molecule has 3 heterocycles. The van der Waals surface area contributed by atoms with Crippen LogP contribution in [0.1, 0.15) is 36.0 Å². The van der Waals surface area contributed by atoms with Gasteiger partial charge in [-0.1, -0.05) is 36.9 Å². The number of nitrogens with zero attached hydrogens (tertiary/aromatic N) is 2. The summed E-state index contributed by atoms with van der Waals surface area (Å²) in [4.78, 5) is 66.7. The molecule has 1 aromatic heterocycles. The van der Waals surface area contributed by atoms with E-state index in [4.69, 9.17) is 9.47 Å². The number of amides is 3. The molecule has 0 saturated carbocycles. The first-order chi connectivity index (χ1) is 19.1. The number of hydrogen-bond acceptors (Lipinski definition) is 9. The Balaban J connectivity index is 1.40. The molecule has 0 aliphatic carbocycles. The lowest BCUT2D eigenvalue weighted by Gasteiger charge is -2.36. The minimum Gasteiger partial charge on any atom is -0.497 e. The first-order valence-electron chi connectivity index (χ1n) is 12.6. The number of esters is 1. The Hall–Kier alpha value is -3.90. The predicted octanol–water partition coefficient (Wildman–Crippen LogP) is 3.68. The first kappa shape index (κ1) is 27.7. The molecular formula is C28H27N3O7S2. The zero-order valence-electron chi connectivity index (χ0n) is 22.3. The van der Waals surface area contributed by atoms with Crippen LogP contribution in [0, 0.1) is 5.92 Å². The van der Waals surface area contributed by atoms with Gasteiger partial charge in [-0.3, -0.25) is 23.7 Å². The van der Waals surface area contributed by atoms with Gasteiger partial charge in [-0.05, 0) is 55.5 Å². The van der Waals surface area contributed by atoms with Gasteiger partial charge < -0.3 is 14.8 Å². The lowest BCUT2D eigenvalue weighted by molar-refractivity contribution is -0.123. The van der Waals surface area contributed by atoms with E-state index in [-0.39, 0.29) is 23.9 Å². The summed E-state index contributed by atoms with van der Waals surface area (Å²) in [6.07, 6.45) is 0. The van der Waals surface area contributed by atoms with Crippen LogP contribution in [0.4, 0.5) is 11.4 Å². The number of nitrogens with one attached hydrogen (secondary N) is 1. The zero-order valence-corrected chi connectivity index (χ0v) is 23.9. The molecule has 1 fully saturated rings. The Labute approximate surface area is 238 Å². The van der Waals surface area contributed by atoms with Gasteiger partial charge in [0.25, 0.3) is 0 Å². The molecule has 2 aromatic carbocycles. The van der Waals surface area contributed by atoms with Crippen molar-refractivity contribution in [2.45, 2.75) is 43.0 Å². The number of carbonyl (C=O) groups excluding carboxylic acids is 4. The fourth-order valence-electron chi connectivity index (χ4n) is 5.00. The summed E-state index contributed by atoms with van der Waals surface area (Å²) in [7, 11) is 1.55. The Morgan fingerprint density at radius 1 is 1.00 bits per heavy atom. The topological polar surface area (TPSA) is 124 Å². The van der Waals surface area contributed by atoms with E-state index >= 15 is 0 Å². The molecule has 2 aliphatic rings. The third-order valence-corrected chi connectivity index (χ3v) is 9.84. The fourth-order valence-corrected chi connectivity index (χ4v) is 8.04. The molecule has 12 heteroatoms. The molecule has 1 saturated heterocycles. The van der Waals surface area contributed by atoms with Crippen LogP contribution < -0.4 is 19.8 Å². The number of benzene rings is 2. The van der Waals surface area contributed by atoms with Gasteiger partial charge in [-0.25, -0.2) is 9.69 Å². The molecule has 3 amide bonds. The monoisotopic (exact) mass is 581 g/mol. The summed E-state index contributed by atoms with van der Waals surface area (Å²) in [5.41, 5.74) is 0.390. The van der Waals surface area contributed by atoms with Crippen LogP contribution in [-0.4, -0.2) is 47.2 Å². The maximum atomic E-state index is 13.7. The van der Waals surface area contributed by atoms with Crippen molar-refractivity contribution in [1.82, 2.24) is 4.57 Å². The third kappa shape index (κ3) is 4.71. The second kappa shape index (κ2) is 10.6. The average molecular weight is 582 g/mol. The number of imide groups is 1. The molecule has 5 rings (SSSR count). The summed E-state index contributed by atoms with van der Waals surface area (Å²) in [6, 6.07) is 13.0. The van der Waals surface area contributed by atoms with E-state index < -0.39 is 34.4 Å². The Bertz CT molecular complexity index is 1560. The molecule has 2 aliphatic heterocycles. The second-order valence-corrected chi connectivity index (χ2v) is 12.0. The minimum absolute atomic E-state index is 0.234. The number of rotatable bonds is 7. The van der Waals surface area contributed by atoms with Gasteiger partial charge in [-0.15, -0.1) is 0 Å². The second-order valence-electron chi connectivity index (χ2n) is 9.88. The van der Waals surface area contributed by atoms with Crippen molar-refractivity contribution in [1.29, 1.82) is 0 Å². The van der Waals surface area contributed by atoms with Gasteiger partial charge in [0.15, 0.2) is 0 Å². The molecular weight excluding hydrogens is 554 g/mol. The van der Waals surface area contributed by atoms with Crippen molar-refractivity contribution < 1.29 is 28.7 Å². The summed E-state index contributed by atoms with van der Waals surface area (Å²) >= 11 is 2.14. The molecule has 10 nitrogen and oxygen atoms in total. The van der Waals surface area contributed by atoms with E-state index in [0.29, 0.717) is 32.6 Å². The van der Waals surface area contributed by atoms with Gasteiger partial charge in [0.1, 0.15) is 17.5 Å². The lowest BCUT2D eigenvalue weighted by atomic mass is 9.76. The molecule has 0 spiro atoms. The van der Waals surface area contributed by atoms with Crippen molar-refractivity contribution in [3.05, 3.63) is 68.6 Å². The number of carbonyl (C=O) groups is 4. The number of hydrogen-bond donors (Lipinski definition) is 1. The fraction of sp³-hybridized carbons (Fsp3) is 0.321. The number of thioether (sulfide) groups is 1. The first-order valence-corrected chi connectivity index (χ1v) is 14.3. The number of anilines is 2. The van der Waals surface area contributed by atoms with Crippen LogP contribution in [0.2, 0.25) is 0 Å². The smallest absolute Gasteiger partial charge is 0.338 e. The highest BCUT2D eigenvalue weighted by Gasteiger charge is 2.59. The van der Waals surface area contributed by atoms with Gasteiger partial charge >= 0.3 is 10.8 Å². The highest BCUT2D eigenvalue weighted by Crippen LogP contribution is 2.54. The van der Waals surface area contributed by atoms with Crippen molar-refractivity contribution in [3.63, 3.8) is 0 Å². The lowest BCUT2D eigenvalue weighted by Crippen LogP contribution is -2.41. The van der Waals surface area contributed by atoms with Crippen LogP contribution in [-0.2, 0) is 31.1 Å². The molecule has 1 N–H and O–H groups in total. The number of aromatic nitrogens is 1. The van der Waals surface area contributed by atoms with E-state index in [2.05, 4.69) is 5.32 Å². The molecule has 40 heavy (non-hydrogen) atoms. The third-order valence-electron chi connectivity index (χ3n) is 7.02. The highest BCUT2D eigenvalue weighted by atomic mass is 32.2. The van der Waals surface area contributed by atoms with Crippen molar-refractivity contribution >= 4 is 58.2 Å². The summed E-state index contributed by atoms with van der Waals surface area (Å²) in [5.74, 6) is -1.72. The Morgan fingerprint density at radius 2 is 1.68 bits per heavy atom. The van der Waals surface area contributed by atoms with E-state index in [1.807, 2.05) is 13.8 Å². The standard InChI is InChI=1S/C28H27N3O7S2/c1-5-38-26(35)15-6-10-17(11-7-15)31-23(33)20-21(24(31)34)39-25-22(28(20,2)3)40-27(36)30(25)14-19(32)29-16-8-12-18(37-4)13-9-16/h6-13,20-21H,5,14H2,1-4H3,(H,29,32)/t20-,21+/m1/s1. The van der Waals surface area contributed by atoms with E-state index in [9.17, 15) is 24.0 Å². The number of methoxy groups -OCH3 is 1. The van der Waals surface area contributed by atoms with Crippen molar-refractivity contribution in [3.8, 4) is 5.75 Å². The maximum absolute atomic E-state index is 13.7. The van der Waals surface area contributed by atoms with Crippen LogP contribution in [0.15, 0.2) is 58.4 Å². The van der Waals surface area contributed by atoms with Crippen LogP contribution in [0.3, 0.4) is 0 Å². The Kier molecular flexibility index (Phi) is 7.32. The molecule has 0 radical (unpaired) electrons. The number of thiazole rings is 1. The predicted molar refractivity (Wildman–Crippen MR) is 151 cm³/mol. The minimum atomic E-state index is -0.834. The number of fused-ring (bicyclic) bond motifs is 2. The van der Waals surface area contributed by atoms with Crippen molar-refractivity contribution in [2.24, 2.45) is 5.92 Å². The van der Waals surface area contributed by atoms with E-state index in [0.717, 1.165) is 28.0 Å². The molecule has 3 aromatic rings. The van der Waals surface area contributed by atoms with E-state index in [1.165, 1.54) is 16.7 Å². The van der Waals surface area contributed by atoms with Crippen LogP contribution >= 0.6 is 23.1 Å². The maximum Gasteiger partial charge on any atom is 0.338 e. The summed E-state index contributed by atoms with van der Waals surface area (Å²) in [5, 5.41) is 2.52. The zero-order chi connectivity index (χ0) is 28.8. The van der Waals surface area contributed by atoms with Gasteiger partial charge in [-0.2, -0.15) is 0 Å². The van der Waals surface area contributed by atoms with Crippen LogP contribution in [0.5, 0.6) is 5.75 Å². The number of ether oxygens (including phenoxy) is 2. The molecule has 208 valence electrons. The largest absolute Gasteiger partial charge is 0.497 e. The molecule has 0 bridgehead atoms. The average Bonchev–Trinajstić information content (AvgIpc) is 3.38. The highest BCUT2D eigenvalue weighted by molar-refractivity contribution is 8.00. The van der Waals surface area contributed by atoms with Gasteiger partial charge in [0.2, 0.25) is 17.7 Å².